The number of carbonyl (C=O) groups is 3. The average molecular weight is 621 g/mol. The lowest BCUT2D eigenvalue weighted by molar-refractivity contribution is -0.256. The van der Waals surface area contributed by atoms with Gasteiger partial charge in [-0.2, -0.15) is 0 Å². The minimum atomic E-state index is -2.13. The molecule has 0 spiro atoms. The summed E-state index contributed by atoms with van der Waals surface area (Å²) in [5.41, 5.74) is -3.73. The first-order valence-corrected chi connectivity index (χ1v) is 15.5. The molecule has 1 aromatic heterocycles. The number of aliphatic hydroxyl groups is 5. The molecule has 1 aromatic rings. The quantitative estimate of drug-likeness (QED) is 0.205. The molecule has 0 amide bonds. The highest BCUT2D eigenvalue weighted by Crippen LogP contribution is 2.71. The number of hydrogen-bond acceptors (Lipinski definition) is 12. The minimum Gasteiger partial charge on any atom is -0.460 e. The van der Waals surface area contributed by atoms with Crippen LogP contribution in [-0.2, 0) is 23.9 Å². The maximum Gasteiger partial charge on any atom is 0.338 e. The number of aldehydes is 1. The molecule has 0 aliphatic heterocycles. The van der Waals surface area contributed by atoms with Gasteiger partial charge in [-0.15, -0.1) is 0 Å². The standard InChI is InChI=1S/C32H44O12/c1-17(34)25(37)26(38)27(39)28(40)43-20-6-11-30(16-33)22-7-10-29(3)21(19-4-5-24(36)42-15-19)9-13-32(29,41)23(22)8-12-31(30,14-20)44-18(2)35/h4-5,15-17,20-23,25-27,34,37-39,41H,6-14H2,1-3H3/t17-,20-,21+,22-,23+,25-,26+,27+,29+,30-,31-,32-/m0/s1. The van der Waals surface area contributed by atoms with Gasteiger partial charge >= 0.3 is 17.6 Å². The molecule has 12 nitrogen and oxygen atoms in total. The van der Waals surface area contributed by atoms with Crippen LogP contribution < -0.4 is 5.63 Å². The number of aliphatic hydroxyl groups excluding tert-OH is 4. The monoisotopic (exact) mass is 620 g/mol. The van der Waals surface area contributed by atoms with Crippen molar-refractivity contribution in [3.05, 3.63) is 34.4 Å². The SMILES string of the molecule is CC(=O)O[C@]12CC[C@@H]3[C@H](CC[C@]4(C)[C@@H](c5ccc(=O)oc5)CC[C@]34O)[C@@]1(C=O)CC[C@H](OC(=O)[C@H](O)[C@H](O)[C@@H](O)[C@H](C)O)C2. The van der Waals surface area contributed by atoms with E-state index in [1.807, 2.05) is 0 Å². The Balaban J connectivity index is 1.42. The Kier molecular flexibility index (Phi) is 8.65. The van der Waals surface area contributed by atoms with Gasteiger partial charge in [0.1, 0.15) is 30.2 Å². The second-order valence-electron chi connectivity index (χ2n) is 13.8. The molecule has 1 heterocycles. The van der Waals surface area contributed by atoms with Gasteiger partial charge in [0.15, 0.2) is 6.10 Å². The lowest BCUT2D eigenvalue weighted by Gasteiger charge is -2.65. The number of esters is 2. The van der Waals surface area contributed by atoms with Crippen LogP contribution in [0.4, 0.5) is 0 Å². The number of ether oxygens (including phenoxy) is 2. The van der Waals surface area contributed by atoms with E-state index in [1.165, 1.54) is 26.2 Å². The Morgan fingerprint density at radius 2 is 1.70 bits per heavy atom. The zero-order valence-electron chi connectivity index (χ0n) is 25.4. The van der Waals surface area contributed by atoms with Crippen molar-refractivity contribution in [2.45, 2.75) is 126 Å². The van der Waals surface area contributed by atoms with Crippen molar-refractivity contribution in [2.24, 2.45) is 22.7 Å². The zero-order chi connectivity index (χ0) is 32.2. The van der Waals surface area contributed by atoms with Gasteiger partial charge < -0.3 is 44.2 Å². The van der Waals surface area contributed by atoms with Gasteiger partial charge in [0.25, 0.3) is 0 Å². The van der Waals surface area contributed by atoms with Crippen molar-refractivity contribution in [3.63, 3.8) is 0 Å². The Bertz CT molecular complexity index is 1310. The molecule has 0 radical (unpaired) electrons. The van der Waals surface area contributed by atoms with E-state index in [-0.39, 0.29) is 43.4 Å². The third kappa shape index (κ3) is 4.93. The number of fused-ring (bicyclic) bond motifs is 5. The van der Waals surface area contributed by atoms with Crippen molar-refractivity contribution in [3.8, 4) is 0 Å². The third-order valence-corrected chi connectivity index (χ3v) is 11.8. The molecule has 44 heavy (non-hydrogen) atoms. The largest absolute Gasteiger partial charge is 0.460 e. The predicted octanol–water partition coefficient (Wildman–Crippen LogP) is 1.12. The first-order valence-electron chi connectivity index (χ1n) is 15.5. The van der Waals surface area contributed by atoms with Crippen LogP contribution >= 0.6 is 0 Å². The summed E-state index contributed by atoms with van der Waals surface area (Å²) in [7, 11) is 0. The molecule has 12 heteroatoms. The highest BCUT2D eigenvalue weighted by Gasteiger charge is 2.72. The second kappa shape index (κ2) is 11.6. The fraction of sp³-hybridized carbons (Fsp3) is 0.750. The highest BCUT2D eigenvalue weighted by molar-refractivity contribution is 5.75. The molecule has 12 atom stereocenters. The maximum atomic E-state index is 13.3. The highest BCUT2D eigenvalue weighted by atomic mass is 16.6. The van der Waals surface area contributed by atoms with E-state index in [4.69, 9.17) is 13.9 Å². The zero-order valence-corrected chi connectivity index (χ0v) is 25.4. The molecule has 5 rings (SSSR count). The van der Waals surface area contributed by atoms with Crippen LogP contribution in [-0.4, -0.2) is 85.5 Å². The Morgan fingerprint density at radius 3 is 2.32 bits per heavy atom. The first-order chi connectivity index (χ1) is 20.6. The van der Waals surface area contributed by atoms with Gasteiger partial charge in [0.05, 0.1) is 23.4 Å². The Morgan fingerprint density at radius 1 is 1.00 bits per heavy atom. The van der Waals surface area contributed by atoms with E-state index in [1.54, 1.807) is 6.07 Å². The van der Waals surface area contributed by atoms with E-state index in [0.717, 1.165) is 11.8 Å². The third-order valence-electron chi connectivity index (χ3n) is 11.8. The fourth-order valence-corrected chi connectivity index (χ4v) is 9.61. The van der Waals surface area contributed by atoms with Crippen molar-refractivity contribution in [1.29, 1.82) is 0 Å². The van der Waals surface area contributed by atoms with Crippen molar-refractivity contribution >= 4 is 18.2 Å². The van der Waals surface area contributed by atoms with E-state index >= 15 is 0 Å². The second-order valence-corrected chi connectivity index (χ2v) is 13.8. The van der Waals surface area contributed by atoms with Gasteiger partial charge in [-0.1, -0.05) is 6.92 Å². The van der Waals surface area contributed by atoms with Gasteiger partial charge in [-0.05, 0) is 87.7 Å². The van der Waals surface area contributed by atoms with Crippen LogP contribution in [0.2, 0.25) is 0 Å². The molecule has 5 N–H and O–H groups in total. The van der Waals surface area contributed by atoms with E-state index < -0.39 is 70.1 Å². The van der Waals surface area contributed by atoms with Crippen LogP contribution in [0, 0.1) is 22.7 Å². The molecule has 0 bridgehead atoms. The van der Waals surface area contributed by atoms with E-state index in [9.17, 15) is 44.7 Å². The smallest absolute Gasteiger partial charge is 0.338 e. The van der Waals surface area contributed by atoms with Crippen LogP contribution in [0.5, 0.6) is 0 Å². The maximum absolute atomic E-state index is 13.3. The van der Waals surface area contributed by atoms with Crippen LogP contribution in [0.25, 0.3) is 0 Å². The lowest BCUT2D eigenvalue weighted by atomic mass is 9.41. The summed E-state index contributed by atoms with van der Waals surface area (Å²) in [4.78, 5) is 50.1. The molecule has 4 fully saturated rings. The van der Waals surface area contributed by atoms with Crippen LogP contribution in [0.15, 0.2) is 27.6 Å². The molecule has 0 saturated heterocycles. The number of hydrogen-bond donors (Lipinski definition) is 5. The summed E-state index contributed by atoms with van der Waals surface area (Å²) in [6.07, 6.45) is -2.36. The molecule has 0 aromatic carbocycles. The molecule has 0 unspecified atom stereocenters. The van der Waals surface area contributed by atoms with Crippen molar-refractivity contribution < 1.29 is 53.8 Å². The van der Waals surface area contributed by atoms with Crippen LogP contribution in [0.1, 0.15) is 90.0 Å². The summed E-state index contributed by atoms with van der Waals surface area (Å²) in [5, 5.41) is 52.3. The molecule has 4 saturated carbocycles. The minimum absolute atomic E-state index is 0.0105. The molecule has 244 valence electrons. The molecule has 4 aliphatic carbocycles. The number of carbonyl (C=O) groups excluding carboxylic acids is 3. The van der Waals surface area contributed by atoms with Gasteiger partial charge in [0, 0.05) is 24.8 Å². The van der Waals surface area contributed by atoms with Gasteiger partial charge in [-0.3, -0.25) is 4.79 Å². The van der Waals surface area contributed by atoms with Gasteiger partial charge in [-0.25, -0.2) is 9.59 Å². The summed E-state index contributed by atoms with van der Waals surface area (Å²) in [6, 6.07) is 3.14. The van der Waals surface area contributed by atoms with Crippen molar-refractivity contribution in [1.82, 2.24) is 0 Å². The summed E-state index contributed by atoms with van der Waals surface area (Å²) in [5.74, 6) is -2.43. The topological polar surface area (TPSA) is 201 Å². The summed E-state index contributed by atoms with van der Waals surface area (Å²) in [6.45, 7) is 4.52. The molecule has 4 aliphatic rings. The van der Waals surface area contributed by atoms with E-state index in [2.05, 4.69) is 6.92 Å². The van der Waals surface area contributed by atoms with E-state index in [0.29, 0.717) is 32.1 Å². The Hall–Kier alpha value is -2.64. The normalized spacial score (nSPS) is 40.7. The Labute approximate surface area is 255 Å². The molecular formula is C32H44O12. The molecular weight excluding hydrogens is 576 g/mol. The summed E-state index contributed by atoms with van der Waals surface area (Å²) >= 11 is 0. The van der Waals surface area contributed by atoms with Crippen LogP contribution in [0.3, 0.4) is 0 Å². The summed E-state index contributed by atoms with van der Waals surface area (Å²) < 4.78 is 16.7. The number of rotatable bonds is 8. The van der Waals surface area contributed by atoms with Crippen molar-refractivity contribution in [2.75, 3.05) is 0 Å². The fourth-order valence-electron chi connectivity index (χ4n) is 9.61. The first kappa shape index (κ1) is 32.7. The lowest BCUT2D eigenvalue weighted by Crippen LogP contribution is -2.69. The average Bonchev–Trinajstić information content (AvgIpc) is 3.26. The van der Waals surface area contributed by atoms with Gasteiger partial charge in [0.2, 0.25) is 0 Å². The predicted molar refractivity (Wildman–Crippen MR) is 152 cm³/mol.